The lowest BCUT2D eigenvalue weighted by Gasteiger charge is -2.41. The first-order chi connectivity index (χ1) is 16.8. The molecule has 35 heavy (non-hydrogen) atoms. The van der Waals surface area contributed by atoms with E-state index in [1.165, 1.54) is 11.3 Å². The maximum absolute atomic E-state index is 13.1. The zero-order chi connectivity index (χ0) is 24.6. The van der Waals surface area contributed by atoms with E-state index in [4.69, 9.17) is 0 Å². The third-order valence-corrected chi connectivity index (χ3v) is 8.04. The van der Waals surface area contributed by atoms with Crippen LogP contribution in [0.25, 0.3) is 11.0 Å². The molecule has 182 valence electrons. The van der Waals surface area contributed by atoms with Crippen molar-refractivity contribution in [2.75, 3.05) is 29.9 Å². The summed E-state index contributed by atoms with van der Waals surface area (Å²) in [6, 6.07) is 8.19. The number of aromatic amines is 1. The first-order valence-electron chi connectivity index (χ1n) is 11.2. The Morgan fingerprint density at radius 3 is 2.69 bits per heavy atom. The van der Waals surface area contributed by atoms with Crippen molar-refractivity contribution in [3.8, 4) is 0 Å². The molecule has 3 aromatic heterocycles. The molecule has 1 aliphatic heterocycles. The molecule has 1 aliphatic rings. The van der Waals surface area contributed by atoms with Gasteiger partial charge in [-0.25, -0.2) is 15.0 Å². The number of hydrogen-bond acceptors (Lipinski definition) is 7. The predicted octanol–water partition coefficient (Wildman–Crippen LogP) is 3.40. The van der Waals surface area contributed by atoms with Crippen LogP contribution < -0.4 is 10.2 Å². The molecule has 12 heteroatoms. The van der Waals surface area contributed by atoms with Crippen LogP contribution in [0, 0.1) is 13.8 Å². The summed E-state index contributed by atoms with van der Waals surface area (Å²) in [7, 11) is -3.92. The van der Waals surface area contributed by atoms with E-state index in [2.05, 4.69) is 34.6 Å². The van der Waals surface area contributed by atoms with E-state index in [0.717, 1.165) is 27.3 Å². The maximum atomic E-state index is 13.1. The van der Waals surface area contributed by atoms with Crippen LogP contribution in [-0.2, 0) is 10.0 Å². The monoisotopic (exact) mass is 510 g/mol. The van der Waals surface area contributed by atoms with Gasteiger partial charge in [0.1, 0.15) is 17.8 Å². The number of sulfonamides is 1. The number of aryl methyl sites for hydroxylation is 2. The summed E-state index contributed by atoms with van der Waals surface area (Å²) >= 11 is 1.45. The standard InChI is InChI=1S/C23H26N8O2S2/c1-15-11-24-20-19(15)21(27-14-26-20)30-9-10-31(16(2)13-30)22(28-23-25-12-17(3)34-23)29-35(32,33)18-7-5-4-6-8-18/h4-8,11-12,14,16H,9-10,13H2,1-3H3,(H,24,26,27)(H,25,28,29)/t16-/m0/s1. The van der Waals surface area contributed by atoms with Crippen LogP contribution in [0.15, 0.2) is 58.3 Å². The van der Waals surface area contributed by atoms with Crippen molar-refractivity contribution < 1.29 is 8.42 Å². The van der Waals surface area contributed by atoms with E-state index in [9.17, 15) is 8.42 Å². The summed E-state index contributed by atoms with van der Waals surface area (Å²) in [5.74, 6) is 1.14. The molecular formula is C23H26N8O2S2. The molecule has 4 aromatic rings. The molecule has 1 aromatic carbocycles. The third-order valence-electron chi connectivity index (χ3n) is 5.93. The zero-order valence-electron chi connectivity index (χ0n) is 19.6. The number of thiazole rings is 1. The Hall–Kier alpha value is -3.51. The average Bonchev–Trinajstić information content (AvgIpc) is 3.44. The van der Waals surface area contributed by atoms with Gasteiger partial charge >= 0.3 is 0 Å². The zero-order valence-corrected chi connectivity index (χ0v) is 21.3. The van der Waals surface area contributed by atoms with Crippen LogP contribution in [0.2, 0.25) is 0 Å². The second-order valence-corrected chi connectivity index (χ2v) is 11.3. The van der Waals surface area contributed by atoms with E-state index in [1.54, 1.807) is 42.9 Å². The number of hydrogen-bond donors (Lipinski definition) is 2. The number of aromatic nitrogens is 4. The second-order valence-electron chi connectivity index (χ2n) is 8.49. The van der Waals surface area contributed by atoms with E-state index < -0.39 is 10.0 Å². The third kappa shape index (κ3) is 4.71. The number of H-pyrrole nitrogens is 1. The Labute approximate surface area is 207 Å². The fraction of sp³-hybridized carbons (Fsp3) is 0.304. The predicted molar refractivity (Wildman–Crippen MR) is 139 cm³/mol. The van der Waals surface area contributed by atoms with Crippen LogP contribution in [0.3, 0.4) is 0 Å². The highest BCUT2D eigenvalue weighted by atomic mass is 32.2. The molecule has 0 bridgehead atoms. The van der Waals surface area contributed by atoms with Gasteiger partial charge in [0.2, 0.25) is 5.96 Å². The number of nitrogens with zero attached hydrogens (tertiary/aromatic N) is 6. The van der Waals surface area contributed by atoms with Crippen molar-refractivity contribution in [1.29, 1.82) is 0 Å². The molecule has 1 fully saturated rings. The highest BCUT2D eigenvalue weighted by Gasteiger charge is 2.30. The lowest BCUT2D eigenvalue weighted by molar-refractivity contribution is 0.297. The van der Waals surface area contributed by atoms with Crippen LogP contribution >= 0.6 is 11.3 Å². The minimum Gasteiger partial charge on any atom is -0.352 e. The Kier molecular flexibility index (Phi) is 6.15. The molecule has 0 radical (unpaired) electrons. The molecule has 4 heterocycles. The van der Waals surface area contributed by atoms with E-state index in [0.29, 0.717) is 24.8 Å². The summed E-state index contributed by atoms with van der Waals surface area (Å²) in [5, 5.41) is 4.77. The molecule has 1 saturated heterocycles. The van der Waals surface area contributed by atoms with Crippen LogP contribution in [-0.4, -0.2) is 64.9 Å². The molecule has 0 unspecified atom stereocenters. The number of guanidine groups is 1. The van der Waals surface area contributed by atoms with Gasteiger partial charge in [0.25, 0.3) is 10.0 Å². The molecule has 0 spiro atoms. The van der Waals surface area contributed by atoms with Crippen molar-refractivity contribution in [1.82, 2.24) is 24.8 Å². The minimum absolute atomic E-state index is 0.0497. The molecule has 10 nitrogen and oxygen atoms in total. The highest BCUT2D eigenvalue weighted by molar-refractivity contribution is 7.90. The Bertz CT molecular complexity index is 1480. The van der Waals surface area contributed by atoms with E-state index >= 15 is 0 Å². The number of nitrogens with one attached hydrogen (secondary N) is 2. The van der Waals surface area contributed by atoms with Crippen molar-refractivity contribution in [3.05, 3.63) is 59.5 Å². The fourth-order valence-electron chi connectivity index (χ4n) is 4.22. The van der Waals surface area contributed by atoms with Gasteiger partial charge in [-0.15, -0.1) is 15.7 Å². The van der Waals surface area contributed by atoms with E-state index in [-0.39, 0.29) is 16.9 Å². The first-order valence-corrected chi connectivity index (χ1v) is 13.5. The second kappa shape index (κ2) is 9.27. The van der Waals surface area contributed by atoms with Crippen molar-refractivity contribution in [2.24, 2.45) is 4.40 Å². The first kappa shape index (κ1) is 23.2. The van der Waals surface area contributed by atoms with Gasteiger partial charge in [-0.1, -0.05) is 18.2 Å². The molecule has 2 N–H and O–H groups in total. The average molecular weight is 511 g/mol. The van der Waals surface area contributed by atoms with Crippen molar-refractivity contribution >= 4 is 49.3 Å². The molecule has 0 saturated carbocycles. The SMILES string of the molecule is Cc1cnc(N/C(=N\S(=O)(=O)c2ccccc2)N2CCN(c3ncnc4[nH]cc(C)c34)C[C@@H]2C)s1. The summed E-state index contributed by atoms with van der Waals surface area (Å²) < 4.78 is 30.5. The highest BCUT2D eigenvalue weighted by Crippen LogP contribution is 2.28. The molecule has 1 atom stereocenters. The fourth-order valence-corrected chi connectivity index (χ4v) is 5.86. The summed E-state index contributed by atoms with van der Waals surface area (Å²) in [6.07, 6.45) is 5.25. The summed E-state index contributed by atoms with van der Waals surface area (Å²) in [5.41, 5.74) is 1.89. The quantitative estimate of drug-likeness (QED) is 0.317. The number of rotatable bonds is 4. The molecule has 5 rings (SSSR count). The largest absolute Gasteiger partial charge is 0.352 e. The number of benzene rings is 1. The Balaban J connectivity index is 1.46. The smallest absolute Gasteiger partial charge is 0.285 e. The lowest BCUT2D eigenvalue weighted by Crippen LogP contribution is -2.56. The Morgan fingerprint density at radius 2 is 1.97 bits per heavy atom. The molecule has 0 amide bonds. The maximum Gasteiger partial charge on any atom is 0.285 e. The van der Waals surface area contributed by atoms with E-state index in [1.807, 2.05) is 31.9 Å². The van der Waals surface area contributed by atoms with Gasteiger partial charge in [0, 0.05) is 42.9 Å². The van der Waals surface area contributed by atoms with Gasteiger partial charge < -0.3 is 20.1 Å². The Morgan fingerprint density at radius 1 is 1.17 bits per heavy atom. The van der Waals surface area contributed by atoms with Gasteiger partial charge in [0.15, 0.2) is 5.13 Å². The minimum atomic E-state index is -3.92. The van der Waals surface area contributed by atoms with Gasteiger partial charge in [-0.05, 0) is 38.5 Å². The number of anilines is 2. The molecule has 0 aliphatic carbocycles. The topological polar surface area (TPSA) is 119 Å². The lowest BCUT2D eigenvalue weighted by atomic mass is 10.1. The normalized spacial score (nSPS) is 17.2. The van der Waals surface area contributed by atoms with Gasteiger partial charge in [0.05, 0.1) is 10.3 Å². The summed E-state index contributed by atoms with van der Waals surface area (Å²) in [4.78, 5) is 21.8. The van der Waals surface area contributed by atoms with Crippen LogP contribution in [0.4, 0.5) is 10.9 Å². The number of fused-ring (bicyclic) bond motifs is 1. The number of piperazine rings is 1. The van der Waals surface area contributed by atoms with Crippen molar-refractivity contribution in [2.45, 2.75) is 31.7 Å². The van der Waals surface area contributed by atoms with Crippen molar-refractivity contribution in [3.63, 3.8) is 0 Å². The molecular weight excluding hydrogens is 484 g/mol. The van der Waals surface area contributed by atoms with Crippen LogP contribution in [0.1, 0.15) is 17.4 Å². The van der Waals surface area contributed by atoms with Crippen LogP contribution in [0.5, 0.6) is 0 Å². The summed E-state index contributed by atoms with van der Waals surface area (Å²) in [6.45, 7) is 7.87. The van der Waals surface area contributed by atoms with Gasteiger partial charge in [-0.2, -0.15) is 8.42 Å². The van der Waals surface area contributed by atoms with Gasteiger partial charge in [-0.3, -0.25) is 0 Å².